The summed E-state index contributed by atoms with van der Waals surface area (Å²) in [5.74, 6) is 0.295. The van der Waals surface area contributed by atoms with Crippen molar-refractivity contribution >= 4 is 11.7 Å². The van der Waals surface area contributed by atoms with Gasteiger partial charge < -0.3 is 10.5 Å². The first-order chi connectivity index (χ1) is 13.2. The number of esters is 1. The fourth-order valence-corrected chi connectivity index (χ4v) is 3.29. The molecule has 0 aromatic heterocycles. The predicted molar refractivity (Wildman–Crippen MR) is 114 cm³/mol. The van der Waals surface area contributed by atoms with Crippen LogP contribution in [0, 0.1) is 5.92 Å². The summed E-state index contributed by atoms with van der Waals surface area (Å²) in [6.45, 7) is 4.35. The number of carbonyl (C=O) groups excluding carboxylic acids is 1. The van der Waals surface area contributed by atoms with Crippen molar-refractivity contribution in [2.24, 2.45) is 5.92 Å². The highest BCUT2D eigenvalue weighted by Gasteiger charge is 2.21. The Balaban J connectivity index is 2.02. The molecule has 0 fully saturated rings. The molecule has 0 aliphatic heterocycles. The van der Waals surface area contributed by atoms with Gasteiger partial charge in [-0.25, -0.2) is 0 Å². The van der Waals surface area contributed by atoms with Gasteiger partial charge in [0.1, 0.15) is 0 Å². The standard InChI is InChI=1S/C24H33NO2/c1-3-5-7-9-15-20(12-6-4-2)24(26)27-23-17-16-21(18-22(23)25)19-13-10-8-11-14-19/h8,10-11,13-14,16-18,20H,3-7,9,12,15,25H2,1-2H3. The number of benzene rings is 2. The maximum Gasteiger partial charge on any atom is 0.314 e. The van der Waals surface area contributed by atoms with Crippen LogP contribution in [0.2, 0.25) is 0 Å². The zero-order valence-corrected chi connectivity index (χ0v) is 16.7. The molecule has 0 radical (unpaired) electrons. The van der Waals surface area contributed by atoms with Crippen LogP contribution >= 0.6 is 0 Å². The number of hydrogen-bond acceptors (Lipinski definition) is 3. The second-order valence-electron chi connectivity index (χ2n) is 7.23. The first kappa shape index (κ1) is 21.0. The molecule has 1 unspecified atom stereocenters. The van der Waals surface area contributed by atoms with Gasteiger partial charge in [-0.15, -0.1) is 0 Å². The molecule has 146 valence electrons. The largest absolute Gasteiger partial charge is 0.424 e. The van der Waals surface area contributed by atoms with Crippen LogP contribution in [0.1, 0.15) is 65.2 Å². The minimum Gasteiger partial charge on any atom is -0.424 e. The lowest BCUT2D eigenvalue weighted by atomic mass is 9.95. The Morgan fingerprint density at radius 3 is 2.26 bits per heavy atom. The second kappa shape index (κ2) is 11.4. The van der Waals surface area contributed by atoms with Crippen LogP contribution in [-0.2, 0) is 4.79 Å². The molecule has 0 heterocycles. The third-order valence-corrected chi connectivity index (χ3v) is 4.97. The van der Waals surface area contributed by atoms with E-state index in [1.54, 1.807) is 0 Å². The van der Waals surface area contributed by atoms with Crippen LogP contribution in [0.3, 0.4) is 0 Å². The summed E-state index contributed by atoms with van der Waals surface area (Å²) in [6, 6.07) is 15.7. The quantitative estimate of drug-likeness (QED) is 0.210. The monoisotopic (exact) mass is 367 g/mol. The molecule has 0 bridgehead atoms. The van der Waals surface area contributed by atoms with Crippen LogP contribution < -0.4 is 10.5 Å². The van der Waals surface area contributed by atoms with E-state index in [4.69, 9.17) is 10.5 Å². The molecule has 0 amide bonds. The molecule has 2 aromatic carbocycles. The highest BCUT2D eigenvalue weighted by Crippen LogP contribution is 2.30. The maximum atomic E-state index is 12.7. The first-order valence-corrected chi connectivity index (χ1v) is 10.3. The van der Waals surface area contributed by atoms with Crippen molar-refractivity contribution in [3.05, 3.63) is 48.5 Å². The Bertz CT molecular complexity index is 697. The summed E-state index contributed by atoms with van der Waals surface area (Å²) in [5, 5.41) is 0. The number of anilines is 1. The normalized spacial score (nSPS) is 11.9. The van der Waals surface area contributed by atoms with Gasteiger partial charge in [-0.2, -0.15) is 0 Å². The van der Waals surface area contributed by atoms with E-state index in [1.807, 2.05) is 48.5 Å². The topological polar surface area (TPSA) is 52.3 Å². The lowest BCUT2D eigenvalue weighted by Crippen LogP contribution is -2.21. The van der Waals surface area contributed by atoms with Crippen LogP contribution in [0.5, 0.6) is 5.75 Å². The Hall–Kier alpha value is -2.29. The van der Waals surface area contributed by atoms with Crippen molar-refractivity contribution in [1.29, 1.82) is 0 Å². The smallest absolute Gasteiger partial charge is 0.314 e. The molecule has 2 aromatic rings. The number of rotatable bonds is 11. The Morgan fingerprint density at radius 2 is 1.59 bits per heavy atom. The lowest BCUT2D eigenvalue weighted by Gasteiger charge is -2.17. The summed E-state index contributed by atoms with van der Waals surface area (Å²) in [7, 11) is 0. The Labute approximate surface area is 163 Å². The first-order valence-electron chi connectivity index (χ1n) is 10.3. The van der Waals surface area contributed by atoms with Gasteiger partial charge in [0.2, 0.25) is 0 Å². The fourth-order valence-electron chi connectivity index (χ4n) is 3.29. The minimum absolute atomic E-state index is 0.0324. The van der Waals surface area contributed by atoms with Gasteiger partial charge in [-0.3, -0.25) is 4.79 Å². The van der Waals surface area contributed by atoms with Crippen molar-refractivity contribution in [3.63, 3.8) is 0 Å². The lowest BCUT2D eigenvalue weighted by molar-refractivity contribution is -0.139. The van der Waals surface area contributed by atoms with Crippen molar-refractivity contribution in [2.45, 2.75) is 65.2 Å². The van der Waals surface area contributed by atoms with Crippen molar-refractivity contribution in [2.75, 3.05) is 5.73 Å². The van der Waals surface area contributed by atoms with E-state index in [1.165, 1.54) is 19.3 Å². The fraction of sp³-hybridized carbons (Fsp3) is 0.458. The van der Waals surface area contributed by atoms with E-state index in [0.717, 1.165) is 43.2 Å². The predicted octanol–water partition coefficient (Wildman–Crippen LogP) is 6.62. The third-order valence-electron chi connectivity index (χ3n) is 4.97. The summed E-state index contributed by atoms with van der Waals surface area (Å²) in [6.07, 6.45) is 8.63. The molecule has 0 aliphatic carbocycles. The zero-order chi connectivity index (χ0) is 19.5. The molecule has 3 heteroatoms. The molecule has 0 saturated carbocycles. The van der Waals surface area contributed by atoms with Crippen molar-refractivity contribution in [1.82, 2.24) is 0 Å². The van der Waals surface area contributed by atoms with Gasteiger partial charge in [0, 0.05) is 0 Å². The second-order valence-corrected chi connectivity index (χ2v) is 7.23. The van der Waals surface area contributed by atoms with Crippen molar-refractivity contribution in [3.8, 4) is 16.9 Å². The molecule has 1 atom stereocenters. The van der Waals surface area contributed by atoms with Gasteiger partial charge in [0.25, 0.3) is 0 Å². The molecule has 3 nitrogen and oxygen atoms in total. The van der Waals surface area contributed by atoms with Gasteiger partial charge >= 0.3 is 5.97 Å². The number of hydrogen-bond donors (Lipinski definition) is 1. The molecule has 0 spiro atoms. The summed E-state index contributed by atoms with van der Waals surface area (Å²) < 4.78 is 5.69. The number of nitrogens with two attached hydrogens (primary N) is 1. The molecule has 2 rings (SSSR count). The number of carbonyl (C=O) groups is 1. The average Bonchev–Trinajstić information content (AvgIpc) is 2.69. The van der Waals surface area contributed by atoms with Crippen LogP contribution in [0.15, 0.2) is 48.5 Å². The van der Waals surface area contributed by atoms with Crippen molar-refractivity contribution < 1.29 is 9.53 Å². The summed E-state index contributed by atoms with van der Waals surface area (Å²) in [5.41, 5.74) is 8.79. The molecular weight excluding hydrogens is 334 g/mol. The van der Waals surface area contributed by atoms with Gasteiger partial charge in [0.15, 0.2) is 5.75 Å². The summed E-state index contributed by atoms with van der Waals surface area (Å²) in [4.78, 5) is 12.7. The third kappa shape index (κ3) is 6.74. The average molecular weight is 368 g/mol. The number of nitrogen functional groups attached to an aromatic ring is 1. The molecule has 27 heavy (non-hydrogen) atoms. The van der Waals surface area contributed by atoms with E-state index >= 15 is 0 Å². The molecular formula is C24H33NO2. The van der Waals surface area contributed by atoms with E-state index in [0.29, 0.717) is 11.4 Å². The highest BCUT2D eigenvalue weighted by atomic mass is 16.5. The van der Waals surface area contributed by atoms with Gasteiger partial charge in [0.05, 0.1) is 11.6 Å². The van der Waals surface area contributed by atoms with E-state index in [9.17, 15) is 4.79 Å². The number of ether oxygens (including phenoxy) is 1. The number of unbranched alkanes of at least 4 members (excludes halogenated alkanes) is 4. The van der Waals surface area contributed by atoms with Crippen LogP contribution in [-0.4, -0.2) is 5.97 Å². The minimum atomic E-state index is -0.140. The SMILES string of the molecule is CCCCCCC(CCCC)C(=O)Oc1ccc(-c2ccccc2)cc1N. The van der Waals surface area contributed by atoms with E-state index < -0.39 is 0 Å². The Morgan fingerprint density at radius 1 is 0.889 bits per heavy atom. The van der Waals surface area contributed by atoms with Gasteiger partial charge in [-0.1, -0.05) is 88.8 Å². The Kier molecular flexibility index (Phi) is 8.90. The molecule has 0 saturated heterocycles. The molecule has 0 aliphatic rings. The highest BCUT2D eigenvalue weighted by molar-refractivity contribution is 5.78. The summed E-state index contributed by atoms with van der Waals surface area (Å²) >= 11 is 0. The zero-order valence-electron chi connectivity index (χ0n) is 16.7. The van der Waals surface area contributed by atoms with E-state index in [-0.39, 0.29) is 11.9 Å². The van der Waals surface area contributed by atoms with Crippen LogP contribution in [0.4, 0.5) is 5.69 Å². The maximum absolute atomic E-state index is 12.7. The van der Waals surface area contributed by atoms with Crippen LogP contribution in [0.25, 0.3) is 11.1 Å². The van der Waals surface area contributed by atoms with Gasteiger partial charge in [-0.05, 0) is 36.1 Å². The van der Waals surface area contributed by atoms with E-state index in [2.05, 4.69) is 13.8 Å². The molecule has 2 N–H and O–H groups in total.